The van der Waals surface area contributed by atoms with E-state index in [9.17, 15) is 0 Å². The van der Waals surface area contributed by atoms with E-state index in [-0.39, 0.29) is 5.54 Å². The maximum atomic E-state index is 5.82. The van der Waals surface area contributed by atoms with E-state index in [1.807, 2.05) is 31.3 Å². The van der Waals surface area contributed by atoms with Gasteiger partial charge in [-0.1, -0.05) is 23.7 Å². The van der Waals surface area contributed by atoms with Crippen LogP contribution in [0.2, 0.25) is 5.02 Å². The Morgan fingerprint density at radius 1 is 1.20 bits per heavy atom. The highest BCUT2D eigenvalue weighted by Gasteiger charge is 2.14. The summed E-state index contributed by atoms with van der Waals surface area (Å²) in [5.41, 5.74) is 1.36. The zero-order chi connectivity index (χ0) is 11.3. The van der Waals surface area contributed by atoms with Gasteiger partial charge in [0.2, 0.25) is 0 Å². The lowest BCUT2D eigenvalue weighted by molar-refractivity contribution is 0.374. The van der Waals surface area contributed by atoms with Gasteiger partial charge in [-0.3, -0.25) is 0 Å². The van der Waals surface area contributed by atoms with Crippen molar-refractivity contribution in [1.29, 1.82) is 0 Å². The Morgan fingerprint density at radius 3 is 2.33 bits per heavy atom. The number of halogens is 1. The molecule has 1 aromatic rings. The van der Waals surface area contributed by atoms with Crippen LogP contribution < -0.4 is 10.6 Å². The van der Waals surface area contributed by atoms with E-state index in [1.165, 1.54) is 5.56 Å². The smallest absolute Gasteiger partial charge is 0.0406 e. The summed E-state index contributed by atoms with van der Waals surface area (Å²) in [6.45, 7) is 6.17. The first kappa shape index (κ1) is 12.5. The third kappa shape index (κ3) is 4.65. The molecule has 0 aromatic heterocycles. The van der Waals surface area contributed by atoms with Crippen molar-refractivity contribution in [3.05, 3.63) is 34.9 Å². The first-order valence-electron chi connectivity index (χ1n) is 5.17. The van der Waals surface area contributed by atoms with Crippen LogP contribution in [0.4, 0.5) is 0 Å². The van der Waals surface area contributed by atoms with Crippen molar-refractivity contribution >= 4 is 11.6 Å². The van der Waals surface area contributed by atoms with E-state index in [2.05, 4.69) is 24.5 Å². The van der Waals surface area contributed by atoms with Gasteiger partial charge in [0.25, 0.3) is 0 Å². The molecule has 1 rings (SSSR count). The van der Waals surface area contributed by atoms with Gasteiger partial charge in [-0.25, -0.2) is 0 Å². The average Bonchev–Trinajstić information content (AvgIpc) is 2.17. The van der Waals surface area contributed by atoms with E-state index in [0.717, 1.165) is 18.1 Å². The highest BCUT2D eigenvalue weighted by Crippen LogP contribution is 2.10. The van der Waals surface area contributed by atoms with Crippen molar-refractivity contribution in [2.45, 2.75) is 25.9 Å². The maximum Gasteiger partial charge on any atom is 0.0406 e. The number of rotatable bonds is 5. The van der Waals surface area contributed by atoms with Crippen molar-refractivity contribution in [2.24, 2.45) is 0 Å². The van der Waals surface area contributed by atoms with Crippen molar-refractivity contribution in [1.82, 2.24) is 10.6 Å². The number of nitrogens with one attached hydrogen (secondary N) is 2. The zero-order valence-electron chi connectivity index (χ0n) is 9.60. The van der Waals surface area contributed by atoms with E-state index in [1.54, 1.807) is 0 Å². The minimum Gasteiger partial charge on any atom is -0.318 e. The fraction of sp³-hybridized carbons (Fsp3) is 0.500. The predicted octanol–water partition coefficient (Wildman–Crippen LogP) is 2.43. The van der Waals surface area contributed by atoms with Gasteiger partial charge < -0.3 is 10.6 Å². The summed E-state index contributed by atoms with van der Waals surface area (Å²) in [5.74, 6) is 0. The number of likely N-dealkylation sites (N-methyl/N-ethyl adjacent to an activating group) is 1. The summed E-state index contributed by atoms with van der Waals surface area (Å²) < 4.78 is 0. The minimum absolute atomic E-state index is 0.106. The Bertz CT molecular complexity index is 293. The van der Waals surface area contributed by atoms with Gasteiger partial charge in [0.05, 0.1) is 0 Å². The molecule has 0 atom stereocenters. The molecule has 0 aliphatic heterocycles. The highest BCUT2D eigenvalue weighted by atomic mass is 35.5. The van der Waals surface area contributed by atoms with Crippen molar-refractivity contribution in [3.8, 4) is 0 Å². The van der Waals surface area contributed by atoms with Gasteiger partial charge in [0.1, 0.15) is 0 Å². The van der Waals surface area contributed by atoms with E-state index < -0.39 is 0 Å². The molecule has 0 fully saturated rings. The van der Waals surface area contributed by atoms with Gasteiger partial charge in [-0.05, 0) is 38.6 Å². The monoisotopic (exact) mass is 226 g/mol. The number of hydrogen-bond donors (Lipinski definition) is 2. The van der Waals surface area contributed by atoms with Crippen molar-refractivity contribution in [3.63, 3.8) is 0 Å². The molecule has 0 heterocycles. The lowest BCUT2D eigenvalue weighted by Gasteiger charge is -2.26. The summed E-state index contributed by atoms with van der Waals surface area (Å²) in [5, 5.41) is 7.45. The Labute approximate surface area is 97.0 Å². The maximum absolute atomic E-state index is 5.82. The molecule has 0 amide bonds. The summed E-state index contributed by atoms with van der Waals surface area (Å²) in [7, 11) is 1.96. The summed E-state index contributed by atoms with van der Waals surface area (Å²) >= 11 is 5.82. The molecule has 0 saturated heterocycles. The summed E-state index contributed by atoms with van der Waals surface area (Å²) in [6.07, 6.45) is 0. The molecule has 0 saturated carbocycles. The molecule has 0 radical (unpaired) electrons. The lowest BCUT2D eigenvalue weighted by atomic mass is 10.1. The minimum atomic E-state index is 0.106. The van der Waals surface area contributed by atoms with E-state index in [4.69, 9.17) is 11.6 Å². The van der Waals surface area contributed by atoms with Crippen LogP contribution in [-0.2, 0) is 6.54 Å². The molecule has 15 heavy (non-hydrogen) atoms. The predicted molar refractivity (Wildman–Crippen MR) is 66.3 cm³/mol. The van der Waals surface area contributed by atoms with Gasteiger partial charge in [-0.15, -0.1) is 0 Å². The molecule has 2 nitrogen and oxygen atoms in total. The average molecular weight is 227 g/mol. The molecule has 0 aliphatic carbocycles. The Morgan fingerprint density at radius 2 is 1.80 bits per heavy atom. The molecule has 0 unspecified atom stereocenters. The first-order chi connectivity index (χ1) is 7.03. The summed E-state index contributed by atoms with van der Waals surface area (Å²) in [6, 6.07) is 7.93. The molecule has 3 heteroatoms. The third-order valence-electron chi connectivity index (χ3n) is 2.30. The second kappa shape index (κ2) is 5.50. The molecule has 0 aliphatic rings. The fourth-order valence-electron chi connectivity index (χ4n) is 1.45. The van der Waals surface area contributed by atoms with Crippen molar-refractivity contribution < 1.29 is 0 Å². The molecule has 2 N–H and O–H groups in total. The third-order valence-corrected chi connectivity index (χ3v) is 2.56. The van der Waals surface area contributed by atoms with Crippen LogP contribution in [0.15, 0.2) is 24.3 Å². The van der Waals surface area contributed by atoms with E-state index in [0.29, 0.717) is 0 Å². The van der Waals surface area contributed by atoms with Crippen LogP contribution in [-0.4, -0.2) is 19.1 Å². The molecule has 1 aromatic carbocycles. The lowest BCUT2D eigenvalue weighted by Crippen LogP contribution is -2.46. The molecular weight excluding hydrogens is 208 g/mol. The largest absolute Gasteiger partial charge is 0.318 e. The second-order valence-electron chi connectivity index (χ2n) is 4.39. The van der Waals surface area contributed by atoms with Crippen LogP contribution in [0.25, 0.3) is 0 Å². The first-order valence-corrected chi connectivity index (χ1v) is 5.55. The van der Waals surface area contributed by atoms with Crippen LogP contribution in [0.5, 0.6) is 0 Å². The standard InChI is InChI=1S/C12H19ClN2/c1-12(2,9-14-3)15-8-10-4-6-11(13)7-5-10/h4-7,14-15H,8-9H2,1-3H3. The Hall–Kier alpha value is -0.570. The topological polar surface area (TPSA) is 24.1 Å². The normalized spacial score (nSPS) is 11.7. The Kier molecular flexibility index (Phi) is 4.58. The second-order valence-corrected chi connectivity index (χ2v) is 4.83. The molecule has 0 spiro atoms. The molecule has 0 bridgehead atoms. The zero-order valence-corrected chi connectivity index (χ0v) is 10.4. The van der Waals surface area contributed by atoms with Crippen LogP contribution in [0.3, 0.4) is 0 Å². The van der Waals surface area contributed by atoms with Gasteiger partial charge in [0.15, 0.2) is 0 Å². The van der Waals surface area contributed by atoms with Crippen LogP contribution >= 0.6 is 11.6 Å². The van der Waals surface area contributed by atoms with Gasteiger partial charge in [0, 0.05) is 23.7 Å². The quantitative estimate of drug-likeness (QED) is 0.806. The highest BCUT2D eigenvalue weighted by molar-refractivity contribution is 6.30. The van der Waals surface area contributed by atoms with E-state index >= 15 is 0 Å². The fourth-order valence-corrected chi connectivity index (χ4v) is 1.57. The Balaban J connectivity index is 2.46. The van der Waals surface area contributed by atoms with Gasteiger partial charge >= 0.3 is 0 Å². The molecule has 84 valence electrons. The number of benzene rings is 1. The van der Waals surface area contributed by atoms with Gasteiger partial charge in [-0.2, -0.15) is 0 Å². The van der Waals surface area contributed by atoms with Crippen LogP contribution in [0.1, 0.15) is 19.4 Å². The van der Waals surface area contributed by atoms with Crippen molar-refractivity contribution in [2.75, 3.05) is 13.6 Å². The molecular formula is C12H19ClN2. The number of hydrogen-bond acceptors (Lipinski definition) is 2. The SMILES string of the molecule is CNCC(C)(C)NCc1ccc(Cl)cc1. The summed E-state index contributed by atoms with van der Waals surface area (Å²) in [4.78, 5) is 0. The van der Waals surface area contributed by atoms with Crippen LogP contribution in [0, 0.1) is 0 Å².